The van der Waals surface area contributed by atoms with E-state index in [0.29, 0.717) is 11.1 Å². The molecule has 2 aromatic carbocycles. The average Bonchev–Trinajstić information content (AvgIpc) is 2.99. The molecule has 0 aliphatic rings. The fourth-order valence-corrected chi connectivity index (χ4v) is 3.43. The normalized spacial score (nSPS) is 10.4. The van der Waals surface area contributed by atoms with Gasteiger partial charge in [-0.05, 0) is 24.1 Å². The van der Waals surface area contributed by atoms with Gasteiger partial charge in [-0.1, -0.05) is 48.5 Å². The number of benzene rings is 2. The predicted molar refractivity (Wildman–Crippen MR) is 93.2 cm³/mol. The van der Waals surface area contributed by atoms with Gasteiger partial charge in [0.1, 0.15) is 5.00 Å². The van der Waals surface area contributed by atoms with Gasteiger partial charge in [-0.25, -0.2) is 0 Å². The smallest absolute Gasteiger partial charge is 0.256 e. The summed E-state index contributed by atoms with van der Waals surface area (Å²) in [4.78, 5) is 24.0. The Balaban J connectivity index is 1.98. The average molecular weight is 336 g/mol. The molecule has 0 saturated heterocycles. The van der Waals surface area contributed by atoms with Crippen LogP contribution in [0, 0.1) is 6.92 Å². The highest BCUT2D eigenvalue weighted by atomic mass is 32.1. The maximum atomic E-state index is 12.4. The Bertz CT molecular complexity index is 900. The third-order valence-electron chi connectivity index (χ3n) is 3.70. The number of carbonyl (C=O) groups excluding carboxylic acids is 2. The molecule has 0 radical (unpaired) electrons. The maximum absolute atomic E-state index is 12.4. The Kier molecular flexibility index (Phi) is 4.44. The van der Waals surface area contributed by atoms with Crippen molar-refractivity contribution in [3.63, 3.8) is 0 Å². The van der Waals surface area contributed by atoms with Gasteiger partial charge in [-0.3, -0.25) is 4.79 Å². The first-order valence-electron chi connectivity index (χ1n) is 7.33. The number of hydrogen-bond donors (Lipinski definition) is 1. The van der Waals surface area contributed by atoms with E-state index in [4.69, 9.17) is 0 Å². The number of nitrogens with one attached hydrogen (secondary N) is 1. The van der Waals surface area contributed by atoms with Crippen LogP contribution in [-0.2, 0) is 0 Å². The molecule has 1 N–H and O–H groups in total. The lowest BCUT2D eigenvalue weighted by Gasteiger charge is -2.11. The van der Waals surface area contributed by atoms with Gasteiger partial charge in [0, 0.05) is 22.1 Å². The number of hydrogen-bond acceptors (Lipinski definition) is 4. The van der Waals surface area contributed by atoms with Crippen LogP contribution >= 0.6 is 11.3 Å². The summed E-state index contributed by atoms with van der Waals surface area (Å²) < 4.78 is 0. The van der Waals surface area contributed by atoms with Gasteiger partial charge in [0.25, 0.3) is 5.91 Å². The van der Waals surface area contributed by atoms with Gasteiger partial charge < -0.3 is 15.2 Å². The van der Waals surface area contributed by atoms with Crippen molar-refractivity contribution in [2.45, 2.75) is 6.92 Å². The number of carboxylic acid groups (broad SMARTS) is 1. The molecule has 0 bridgehead atoms. The fraction of sp³-hybridized carbons (Fsp3) is 0.0526. The summed E-state index contributed by atoms with van der Waals surface area (Å²) in [6.45, 7) is 1.83. The number of aromatic carboxylic acids is 1. The van der Waals surface area contributed by atoms with Crippen LogP contribution in [0.1, 0.15) is 26.3 Å². The molecule has 1 amide bonds. The van der Waals surface area contributed by atoms with E-state index in [9.17, 15) is 14.7 Å². The predicted octanol–water partition coefficient (Wildman–Crippen LogP) is 3.34. The second kappa shape index (κ2) is 6.68. The molecule has 0 spiro atoms. The Labute approximate surface area is 143 Å². The molecule has 0 atom stereocenters. The highest BCUT2D eigenvalue weighted by molar-refractivity contribution is 7.15. The lowest BCUT2D eigenvalue weighted by Crippen LogP contribution is -2.24. The van der Waals surface area contributed by atoms with E-state index < -0.39 is 5.97 Å². The minimum Gasteiger partial charge on any atom is -0.545 e. The van der Waals surface area contributed by atoms with E-state index in [2.05, 4.69) is 5.32 Å². The van der Waals surface area contributed by atoms with Crippen LogP contribution in [0.3, 0.4) is 0 Å². The zero-order chi connectivity index (χ0) is 17.1. The highest BCUT2D eigenvalue weighted by Gasteiger charge is 2.17. The number of carbonyl (C=O) groups is 2. The quantitative estimate of drug-likeness (QED) is 0.794. The maximum Gasteiger partial charge on any atom is 0.256 e. The first kappa shape index (κ1) is 16.0. The Hall–Kier alpha value is -2.92. The van der Waals surface area contributed by atoms with Crippen molar-refractivity contribution in [2.24, 2.45) is 0 Å². The first-order valence-corrected chi connectivity index (χ1v) is 8.21. The number of amides is 1. The standard InChI is InChI=1S/C19H15NO3S/c1-12-7-5-6-10-14(12)17(21)20-18-16(19(22)23)15(11-24-18)13-8-3-2-4-9-13/h2-11H,1H3,(H,20,21)(H,22,23)/p-1. The molecule has 24 heavy (non-hydrogen) atoms. The molecule has 1 heterocycles. The monoisotopic (exact) mass is 336 g/mol. The van der Waals surface area contributed by atoms with E-state index in [0.717, 1.165) is 11.1 Å². The number of thiophene rings is 1. The number of rotatable bonds is 4. The van der Waals surface area contributed by atoms with Crippen molar-refractivity contribution in [1.82, 2.24) is 0 Å². The van der Waals surface area contributed by atoms with Gasteiger partial charge in [0.15, 0.2) is 0 Å². The van der Waals surface area contributed by atoms with Crippen LogP contribution in [0.25, 0.3) is 11.1 Å². The molecular formula is C19H14NO3S-. The summed E-state index contributed by atoms with van der Waals surface area (Å²) in [7, 11) is 0. The largest absolute Gasteiger partial charge is 0.545 e. The van der Waals surface area contributed by atoms with Crippen LogP contribution in [0.15, 0.2) is 60.0 Å². The third kappa shape index (κ3) is 3.07. The molecule has 120 valence electrons. The van der Waals surface area contributed by atoms with Gasteiger partial charge in [0.05, 0.1) is 5.97 Å². The molecule has 0 fully saturated rings. The van der Waals surface area contributed by atoms with Crippen molar-refractivity contribution >= 4 is 28.2 Å². The van der Waals surface area contributed by atoms with Gasteiger partial charge in [-0.2, -0.15) is 0 Å². The van der Waals surface area contributed by atoms with Crippen LogP contribution < -0.4 is 10.4 Å². The topological polar surface area (TPSA) is 69.2 Å². The Morgan fingerprint density at radius 1 is 1.00 bits per heavy atom. The summed E-state index contributed by atoms with van der Waals surface area (Å²) >= 11 is 1.18. The second-order valence-corrected chi connectivity index (χ2v) is 6.16. The van der Waals surface area contributed by atoms with Crippen molar-refractivity contribution < 1.29 is 14.7 Å². The second-order valence-electron chi connectivity index (χ2n) is 5.28. The number of carboxylic acids is 1. The summed E-state index contributed by atoms with van der Waals surface area (Å²) in [5.41, 5.74) is 2.65. The first-order chi connectivity index (χ1) is 11.6. The van der Waals surface area contributed by atoms with E-state index in [1.807, 2.05) is 49.4 Å². The van der Waals surface area contributed by atoms with E-state index >= 15 is 0 Å². The summed E-state index contributed by atoms with van der Waals surface area (Å²) in [6, 6.07) is 16.3. The zero-order valence-corrected chi connectivity index (χ0v) is 13.7. The lowest BCUT2D eigenvalue weighted by molar-refractivity contribution is -0.254. The van der Waals surface area contributed by atoms with E-state index in [1.165, 1.54) is 11.3 Å². The van der Waals surface area contributed by atoms with Crippen LogP contribution in [0.4, 0.5) is 5.00 Å². The third-order valence-corrected chi connectivity index (χ3v) is 4.59. The summed E-state index contributed by atoms with van der Waals surface area (Å²) in [5, 5.41) is 16.3. The highest BCUT2D eigenvalue weighted by Crippen LogP contribution is 2.35. The van der Waals surface area contributed by atoms with E-state index in [-0.39, 0.29) is 16.5 Å². The fourth-order valence-electron chi connectivity index (χ4n) is 2.48. The SMILES string of the molecule is Cc1ccccc1C(=O)Nc1scc(-c2ccccc2)c1C(=O)[O-]. The number of anilines is 1. The molecule has 0 unspecified atom stereocenters. The Morgan fingerprint density at radius 3 is 2.33 bits per heavy atom. The molecule has 5 heteroatoms. The van der Waals surface area contributed by atoms with Crippen LogP contribution in [-0.4, -0.2) is 11.9 Å². The van der Waals surface area contributed by atoms with Gasteiger partial charge in [0.2, 0.25) is 0 Å². The minimum absolute atomic E-state index is 0.00753. The summed E-state index contributed by atoms with van der Waals surface area (Å²) in [5.74, 6) is -1.65. The molecule has 3 rings (SSSR count). The van der Waals surface area contributed by atoms with Crippen LogP contribution in [0.5, 0.6) is 0 Å². The van der Waals surface area contributed by atoms with Crippen molar-refractivity contribution in [1.29, 1.82) is 0 Å². The van der Waals surface area contributed by atoms with Gasteiger partial charge >= 0.3 is 0 Å². The number of aryl methyl sites for hydroxylation is 1. The van der Waals surface area contributed by atoms with Crippen molar-refractivity contribution in [3.8, 4) is 11.1 Å². The Morgan fingerprint density at radius 2 is 1.67 bits per heavy atom. The van der Waals surface area contributed by atoms with Gasteiger partial charge in [-0.15, -0.1) is 11.3 Å². The van der Waals surface area contributed by atoms with Crippen LogP contribution in [0.2, 0.25) is 0 Å². The molecule has 0 aliphatic carbocycles. The minimum atomic E-state index is -1.31. The van der Waals surface area contributed by atoms with E-state index in [1.54, 1.807) is 17.5 Å². The lowest BCUT2D eigenvalue weighted by atomic mass is 10.0. The summed E-state index contributed by atoms with van der Waals surface area (Å²) in [6.07, 6.45) is 0. The van der Waals surface area contributed by atoms with Crippen molar-refractivity contribution in [3.05, 3.63) is 76.7 Å². The molecule has 3 aromatic rings. The zero-order valence-electron chi connectivity index (χ0n) is 12.9. The molecule has 0 aliphatic heterocycles. The molecular weight excluding hydrogens is 322 g/mol. The molecule has 0 saturated carbocycles. The molecule has 4 nitrogen and oxygen atoms in total. The molecule has 1 aromatic heterocycles. The van der Waals surface area contributed by atoms with Crippen molar-refractivity contribution in [2.75, 3.05) is 5.32 Å².